The third kappa shape index (κ3) is 3.70. The van der Waals surface area contributed by atoms with Gasteiger partial charge >= 0.3 is 0 Å². The molecule has 0 saturated heterocycles. The quantitative estimate of drug-likeness (QED) is 0.666. The number of hydrogen-bond donors (Lipinski definition) is 0. The Kier molecular flexibility index (Phi) is 6.91. The van der Waals surface area contributed by atoms with Gasteiger partial charge in [0.25, 0.3) is 8.40 Å². The lowest BCUT2D eigenvalue weighted by molar-refractivity contribution is -0.127. The first-order valence-corrected chi connectivity index (χ1v) is 9.02. The Hall–Kier alpha value is -1.10. The second-order valence-corrected chi connectivity index (χ2v) is 8.32. The molecule has 0 atom stereocenters. The molecule has 0 saturated carbocycles. The molecule has 0 spiro atoms. The van der Waals surface area contributed by atoms with Gasteiger partial charge in [0.1, 0.15) is 0 Å². The Bertz CT molecular complexity index is 294. The normalized spacial score (nSPS) is 10.9. The molecule has 0 N–H and O–H groups in total. The van der Waals surface area contributed by atoms with Gasteiger partial charge < -0.3 is 9.13 Å². The van der Waals surface area contributed by atoms with Crippen molar-refractivity contribution in [3.05, 3.63) is 12.3 Å². The molecule has 104 valence electrons. The molecule has 0 bridgehead atoms. The lowest BCUT2D eigenvalue weighted by Crippen LogP contribution is -2.65. The summed E-state index contributed by atoms with van der Waals surface area (Å²) >= 11 is 0. The number of amides is 2. The van der Waals surface area contributed by atoms with Crippen LogP contribution in [0.15, 0.2) is 12.3 Å². The van der Waals surface area contributed by atoms with Gasteiger partial charge in [0.15, 0.2) is 0 Å². The molecule has 2 amide bonds. The van der Waals surface area contributed by atoms with Gasteiger partial charge in [-0.1, -0.05) is 19.5 Å². The largest absolute Gasteiger partial charge is 0.349 e. The highest BCUT2D eigenvalue weighted by Gasteiger charge is 2.41. The van der Waals surface area contributed by atoms with E-state index in [4.69, 9.17) is 0 Å². The van der Waals surface area contributed by atoms with Crippen LogP contribution in [0.1, 0.15) is 40.5 Å². The summed E-state index contributed by atoms with van der Waals surface area (Å²) in [7, 11) is -2.42. The Morgan fingerprint density at radius 2 is 1.39 bits per heavy atom. The molecule has 0 fully saturated rings. The molecule has 0 heterocycles. The standard InChI is InChI=1S/C13H26N2O2Si/c1-7-10-14(12(4)16)18(6,9-3)15(11-8-2)13(5)17/h9H,3,7-8,10-11H2,1-2,4-6H3. The van der Waals surface area contributed by atoms with Crippen LogP contribution in [-0.4, -0.2) is 42.4 Å². The summed E-state index contributed by atoms with van der Waals surface area (Å²) in [6, 6.07) is 0. The lowest BCUT2D eigenvalue weighted by atomic mass is 10.5. The van der Waals surface area contributed by atoms with Gasteiger partial charge in [-0.25, -0.2) is 0 Å². The van der Waals surface area contributed by atoms with E-state index in [-0.39, 0.29) is 11.8 Å². The van der Waals surface area contributed by atoms with E-state index in [0.29, 0.717) is 13.1 Å². The van der Waals surface area contributed by atoms with E-state index in [1.54, 1.807) is 13.8 Å². The van der Waals surface area contributed by atoms with Gasteiger partial charge in [0.05, 0.1) is 0 Å². The molecule has 18 heavy (non-hydrogen) atoms. The molecule has 0 aromatic rings. The van der Waals surface area contributed by atoms with Crippen molar-refractivity contribution >= 4 is 20.2 Å². The SMILES string of the molecule is C=C[Si](C)(N(CCC)C(C)=O)N(CCC)C(C)=O. The summed E-state index contributed by atoms with van der Waals surface area (Å²) in [6.45, 7) is 14.4. The van der Waals surface area contributed by atoms with E-state index < -0.39 is 8.40 Å². The van der Waals surface area contributed by atoms with Crippen LogP contribution in [0.25, 0.3) is 0 Å². The average Bonchev–Trinajstić information content (AvgIpc) is 2.31. The topological polar surface area (TPSA) is 40.6 Å². The third-order valence-corrected chi connectivity index (χ3v) is 7.17. The van der Waals surface area contributed by atoms with E-state index in [0.717, 1.165) is 12.8 Å². The monoisotopic (exact) mass is 270 g/mol. The van der Waals surface area contributed by atoms with Crippen molar-refractivity contribution in [1.82, 2.24) is 9.13 Å². The van der Waals surface area contributed by atoms with E-state index in [2.05, 4.69) is 6.58 Å². The van der Waals surface area contributed by atoms with Gasteiger partial charge in [0, 0.05) is 26.9 Å². The fraction of sp³-hybridized carbons (Fsp3) is 0.692. The van der Waals surface area contributed by atoms with Crippen molar-refractivity contribution in [2.45, 2.75) is 47.1 Å². The minimum Gasteiger partial charge on any atom is -0.349 e. The molecule has 0 aliphatic heterocycles. The van der Waals surface area contributed by atoms with Gasteiger partial charge in [-0.15, -0.1) is 6.58 Å². The van der Waals surface area contributed by atoms with Crippen molar-refractivity contribution in [3.63, 3.8) is 0 Å². The Balaban J connectivity index is 5.44. The second-order valence-electron chi connectivity index (χ2n) is 4.64. The Morgan fingerprint density at radius 3 is 1.56 bits per heavy atom. The Labute approximate surface area is 112 Å². The van der Waals surface area contributed by atoms with E-state index >= 15 is 0 Å². The average molecular weight is 270 g/mol. The van der Waals surface area contributed by atoms with Crippen molar-refractivity contribution in [2.75, 3.05) is 13.1 Å². The molecular weight excluding hydrogens is 244 g/mol. The van der Waals surface area contributed by atoms with Crippen molar-refractivity contribution < 1.29 is 9.59 Å². The van der Waals surface area contributed by atoms with Crippen LogP contribution in [-0.2, 0) is 9.59 Å². The molecule has 0 radical (unpaired) electrons. The zero-order valence-electron chi connectivity index (χ0n) is 12.3. The van der Waals surface area contributed by atoms with E-state index in [1.165, 1.54) is 0 Å². The lowest BCUT2D eigenvalue weighted by Gasteiger charge is -2.44. The number of carbonyl (C=O) groups excluding carboxylic acids is 2. The number of carbonyl (C=O) groups is 2. The molecule has 0 rings (SSSR count). The molecular formula is C13H26N2O2Si. The van der Waals surface area contributed by atoms with Crippen molar-refractivity contribution in [3.8, 4) is 0 Å². The van der Waals surface area contributed by atoms with Gasteiger partial charge in [-0.05, 0) is 19.4 Å². The summed E-state index contributed by atoms with van der Waals surface area (Å²) in [4.78, 5) is 23.7. The molecule has 0 aromatic heterocycles. The minimum atomic E-state index is -2.42. The number of nitrogens with zero attached hydrogens (tertiary/aromatic N) is 2. The number of hydrogen-bond acceptors (Lipinski definition) is 2. The van der Waals surface area contributed by atoms with Crippen LogP contribution in [0.2, 0.25) is 6.55 Å². The first kappa shape index (κ1) is 16.9. The summed E-state index contributed by atoms with van der Waals surface area (Å²) in [6.07, 6.45) is 1.77. The molecule has 4 nitrogen and oxygen atoms in total. The molecule has 0 aromatic carbocycles. The van der Waals surface area contributed by atoms with Crippen molar-refractivity contribution in [2.24, 2.45) is 0 Å². The van der Waals surface area contributed by atoms with Crippen LogP contribution in [0.5, 0.6) is 0 Å². The fourth-order valence-electron chi connectivity index (χ4n) is 2.22. The summed E-state index contributed by atoms with van der Waals surface area (Å²) in [5.41, 5.74) is 1.82. The van der Waals surface area contributed by atoms with E-state index in [1.807, 2.05) is 35.2 Å². The zero-order chi connectivity index (χ0) is 14.3. The maximum atomic E-state index is 11.8. The third-order valence-electron chi connectivity index (χ3n) is 3.13. The van der Waals surface area contributed by atoms with Crippen molar-refractivity contribution in [1.29, 1.82) is 0 Å². The molecule has 0 aliphatic carbocycles. The minimum absolute atomic E-state index is 0.0215. The van der Waals surface area contributed by atoms with Gasteiger partial charge in [-0.2, -0.15) is 0 Å². The zero-order valence-corrected chi connectivity index (χ0v) is 13.3. The first-order chi connectivity index (χ1) is 8.34. The Morgan fingerprint density at radius 1 is 1.06 bits per heavy atom. The van der Waals surface area contributed by atoms with Crippen LogP contribution in [0.4, 0.5) is 0 Å². The van der Waals surface area contributed by atoms with Crippen LogP contribution in [0, 0.1) is 0 Å². The summed E-state index contributed by atoms with van der Waals surface area (Å²) < 4.78 is 3.69. The highest BCUT2D eigenvalue weighted by Crippen LogP contribution is 2.19. The fourth-order valence-corrected chi connectivity index (χ4v) is 5.58. The van der Waals surface area contributed by atoms with Crippen LogP contribution in [0.3, 0.4) is 0 Å². The summed E-state index contributed by atoms with van der Waals surface area (Å²) in [5, 5.41) is 0. The summed E-state index contributed by atoms with van der Waals surface area (Å²) in [5.74, 6) is 0.0431. The maximum absolute atomic E-state index is 11.8. The van der Waals surface area contributed by atoms with Crippen LogP contribution >= 0.6 is 0 Å². The highest BCUT2D eigenvalue weighted by molar-refractivity contribution is 6.81. The first-order valence-electron chi connectivity index (χ1n) is 6.55. The molecule has 0 aliphatic rings. The maximum Gasteiger partial charge on any atom is 0.290 e. The number of rotatable bonds is 7. The molecule has 0 unspecified atom stereocenters. The predicted octanol–water partition coefficient (Wildman–Crippen LogP) is 2.30. The van der Waals surface area contributed by atoms with Gasteiger partial charge in [-0.3, -0.25) is 9.59 Å². The highest BCUT2D eigenvalue weighted by atomic mass is 28.3. The smallest absolute Gasteiger partial charge is 0.290 e. The second kappa shape index (κ2) is 7.36. The molecule has 5 heteroatoms. The van der Waals surface area contributed by atoms with Crippen LogP contribution < -0.4 is 0 Å². The predicted molar refractivity (Wildman–Crippen MR) is 77.2 cm³/mol. The van der Waals surface area contributed by atoms with E-state index in [9.17, 15) is 9.59 Å². The van der Waals surface area contributed by atoms with Gasteiger partial charge in [0.2, 0.25) is 11.8 Å².